The lowest BCUT2D eigenvalue weighted by atomic mass is 10.1. The molecule has 1 aromatic carbocycles. The van der Waals surface area contributed by atoms with E-state index in [4.69, 9.17) is 5.73 Å². The normalized spacial score (nSPS) is 21.4. The molecule has 0 spiro atoms. The van der Waals surface area contributed by atoms with Crippen LogP contribution in [-0.4, -0.2) is 44.2 Å². The number of nitrogens with zero attached hydrogens (tertiary/aromatic N) is 3. The number of likely N-dealkylation sites (N-methyl/N-ethyl adjacent to an activating group) is 1. The van der Waals surface area contributed by atoms with Crippen LogP contribution in [-0.2, 0) is 0 Å². The Morgan fingerprint density at radius 3 is 2.89 bits per heavy atom. The maximum absolute atomic E-state index is 9.21. The predicted molar refractivity (Wildman–Crippen MR) is 73.5 cm³/mol. The molecule has 0 amide bonds. The maximum atomic E-state index is 9.21. The van der Waals surface area contributed by atoms with Crippen molar-refractivity contribution >= 4 is 5.69 Å². The van der Waals surface area contributed by atoms with Gasteiger partial charge in [-0.1, -0.05) is 12.1 Å². The molecule has 1 fully saturated rings. The van der Waals surface area contributed by atoms with Gasteiger partial charge < -0.3 is 15.5 Å². The lowest BCUT2D eigenvalue weighted by Crippen LogP contribution is -2.45. The Morgan fingerprint density at radius 1 is 1.39 bits per heavy atom. The molecule has 4 nitrogen and oxygen atoms in total. The van der Waals surface area contributed by atoms with Gasteiger partial charge in [0.2, 0.25) is 0 Å². The third kappa shape index (κ3) is 2.63. The topological polar surface area (TPSA) is 56.3 Å². The molecule has 18 heavy (non-hydrogen) atoms. The van der Waals surface area contributed by atoms with Crippen molar-refractivity contribution in [1.29, 1.82) is 5.26 Å². The van der Waals surface area contributed by atoms with Crippen LogP contribution < -0.4 is 10.6 Å². The molecule has 1 aliphatic rings. The van der Waals surface area contributed by atoms with Crippen LogP contribution in [0.15, 0.2) is 24.3 Å². The van der Waals surface area contributed by atoms with Crippen molar-refractivity contribution in [2.45, 2.75) is 12.5 Å². The molecule has 0 aromatic heterocycles. The molecule has 0 radical (unpaired) electrons. The van der Waals surface area contributed by atoms with E-state index in [0.29, 0.717) is 6.54 Å². The molecule has 1 unspecified atom stereocenters. The van der Waals surface area contributed by atoms with E-state index < -0.39 is 0 Å². The summed E-state index contributed by atoms with van der Waals surface area (Å²) in [6.07, 6.45) is 1.10. The summed E-state index contributed by atoms with van der Waals surface area (Å²) in [5, 5.41) is 9.21. The van der Waals surface area contributed by atoms with Crippen LogP contribution in [0.2, 0.25) is 0 Å². The van der Waals surface area contributed by atoms with Crippen LogP contribution in [0.3, 0.4) is 0 Å². The highest BCUT2D eigenvalue weighted by Gasteiger charge is 2.23. The summed E-state index contributed by atoms with van der Waals surface area (Å²) >= 11 is 0. The zero-order chi connectivity index (χ0) is 13.0. The molecule has 1 aromatic rings. The number of hydrogen-bond donors (Lipinski definition) is 1. The Labute approximate surface area is 109 Å². The first-order valence-corrected chi connectivity index (χ1v) is 6.40. The van der Waals surface area contributed by atoms with Crippen LogP contribution >= 0.6 is 0 Å². The van der Waals surface area contributed by atoms with E-state index in [1.165, 1.54) is 0 Å². The Kier molecular flexibility index (Phi) is 4.19. The summed E-state index contributed by atoms with van der Waals surface area (Å²) in [6, 6.07) is 10.3. The van der Waals surface area contributed by atoms with E-state index in [9.17, 15) is 5.26 Å². The highest BCUT2D eigenvalue weighted by molar-refractivity contribution is 5.60. The number of para-hydroxylation sites is 1. The quantitative estimate of drug-likeness (QED) is 0.844. The highest BCUT2D eigenvalue weighted by atomic mass is 15.2. The van der Waals surface area contributed by atoms with Gasteiger partial charge in [-0.25, -0.2) is 0 Å². The summed E-state index contributed by atoms with van der Waals surface area (Å²) in [4.78, 5) is 4.61. The summed E-state index contributed by atoms with van der Waals surface area (Å²) in [7, 11) is 2.13. The third-order valence-corrected chi connectivity index (χ3v) is 3.51. The van der Waals surface area contributed by atoms with Crippen LogP contribution in [0.5, 0.6) is 0 Å². The molecule has 0 saturated carbocycles. The van der Waals surface area contributed by atoms with E-state index in [1.807, 2.05) is 24.3 Å². The molecular formula is C14H20N4. The number of anilines is 1. The van der Waals surface area contributed by atoms with E-state index in [1.54, 1.807) is 0 Å². The lowest BCUT2D eigenvalue weighted by Gasteiger charge is -2.32. The van der Waals surface area contributed by atoms with Crippen LogP contribution in [0.25, 0.3) is 0 Å². The fourth-order valence-electron chi connectivity index (χ4n) is 2.58. The second-order valence-corrected chi connectivity index (χ2v) is 4.83. The Balaban J connectivity index is 2.32. The van der Waals surface area contributed by atoms with Gasteiger partial charge in [-0.2, -0.15) is 5.26 Å². The Bertz CT molecular complexity index is 438. The minimum Gasteiger partial charge on any atom is -0.365 e. The standard InChI is InChI=1S/C14H20N4/c1-17-7-4-8-18(13(10-16)11-17)14-6-3-2-5-12(14)9-15/h2-3,5-6,13H,4,7-8,10-11,16H2,1H3. The predicted octanol–water partition coefficient (Wildman–Crippen LogP) is 1.03. The number of rotatable bonds is 2. The van der Waals surface area contributed by atoms with Gasteiger partial charge in [-0.3, -0.25) is 0 Å². The van der Waals surface area contributed by atoms with Crippen LogP contribution in [0.1, 0.15) is 12.0 Å². The monoisotopic (exact) mass is 244 g/mol. The van der Waals surface area contributed by atoms with Crippen molar-refractivity contribution in [2.24, 2.45) is 5.73 Å². The lowest BCUT2D eigenvalue weighted by molar-refractivity contribution is 0.332. The average Bonchev–Trinajstić information content (AvgIpc) is 2.60. The molecule has 96 valence electrons. The van der Waals surface area contributed by atoms with Gasteiger partial charge in [0, 0.05) is 19.6 Å². The third-order valence-electron chi connectivity index (χ3n) is 3.51. The molecule has 1 aliphatic heterocycles. The number of nitriles is 1. The van der Waals surface area contributed by atoms with E-state index in [-0.39, 0.29) is 6.04 Å². The molecule has 1 heterocycles. The molecule has 4 heteroatoms. The number of benzene rings is 1. The van der Waals surface area contributed by atoms with Crippen molar-refractivity contribution in [3.8, 4) is 6.07 Å². The number of nitrogens with two attached hydrogens (primary N) is 1. The molecule has 0 aliphatic carbocycles. The molecule has 0 bridgehead atoms. The maximum Gasteiger partial charge on any atom is 0.101 e. The van der Waals surface area contributed by atoms with E-state index in [0.717, 1.165) is 37.3 Å². The van der Waals surface area contributed by atoms with Crippen LogP contribution in [0, 0.1) is 11.3 Å². The van der Waals surface area contributed by atoms with E-state index >= 15 is 0 Å². The fraction of sp³-hybridized carbons (Fsp3) is 0.500. The summed E-state index contributed by atoms with van der Waals surface area (Å²) in [5.74, 6) is 0. The Morgan fingerprint density at radius 2 is 2.17 bits per heavy atom. The summed E-state index contributed by atoms with van der Waals surface area (Å²) < 4.78 is 0. The van der Waals surface area contributed by atoms with Crippen molar-refractivity contribution in [2.75, 3.05) is 38.1 Å². The van der Waals surface area contributed by atoms with Gasteiger partial charge in [0.25, 0.3) is 0 Å². The van der Waals surface area contributed by atoms with Gasteiger partial charge in [-0.15, -0.1) is 0 Å². The van der Waals surface area contributed by atoms with Crippen molar-refractivity contribution in [1.82, 2.24) is 4.90 Å². The van der Waals surface area contributed by atoms with Crippen LogP contribution in [0.4, 0.5) is 5.69 Å². The second-order valence-electron chi connectivity index (χ2n) is 4.83. The van der Waals surface area contributed by atoms with Crippen molar-refractivity contribution < 1.29 is 0 Å². The second kappa shape index (κ2) is 5.85. The minimum absolute atomic E-state index is 0.284. The summed E-state index contributed by atoms with van der Waals surface area (Å²) in [6.45, 7) is 3.62. The summed E-state index contributed by atoms with van der Waals surface area (Å²) in [5.41, 5.74) is 7.66. The first-order valence-electron chi connectivity index (χ1n) is 6.40. The smallest absolute Gasteiger partial charge is 0.101 e. The first kappa shape index (κ1) is 12.9. The van der Waals surface area contributed by atoms with Gasteiger partial charge in [-0.05, 0) is 32.1 Å². The van der Waals surface area contributed by atoms with E-state index in [2.05, 4.69) is 22.9 Å². The largest absolute Gasteiger partial charge is 0.365 e. The molecular weight excluding hydrogens is 224 g/mol. The Hall–Kier alpha value is -1.57. The van der Waals surface area contributed by atoms with Crippen molar-refractivity contribution in [3.05, 3.63) is 29.8 Å². The van der Waals surface area contributed by atoms with Gasteiger partial charge in [0.1, 0.15) is 6.07 Å². The fourth-order valence-corrected chi connectivity index (χ4v) is 2.58. The first-order chi connectivity index (χ1) is 8.76. The number of hydrogen-bond acceptors (Lipinski definition) is 4. The molecule has 2 N–H and O–H groups in total. The highest BCUT2D eigenvalue weighted by Crippen LogP contribution is 2.23. The molecule has 2 rings (SSSR count). The molecule has 1 atom stereocenters. The van der Waals surface area contributed by atoms with Gasteiger partial charge in [0.05, 0.1) is 17.3 Å². The van der Waals surface area contributed by atoms with Crippen molar-refractivity contribution in [3.63, 3.8) is 0 Å². The average molecular weight is 244 g/mol. The van der Waals surface area contributed by atoms with Gasteiger partial charge >= 0.3 is 0 Å². The zero-order valence-corrected chi connectivity index (χ0v) is 10.8. The zero-order valence-electron chi connectivity index (χ0n) is 10.8. The minimum atomic E-state index is 0.284. The molecule has 1 saturated heterocycles. The van der Waals surface area contributed by atoms with Gasteiger partial charge in [0.15, 0.2) is 0 Å². The SMILES string of the molecule is CN1CCCN(c2ccccc2C#N)C(CN)C1.